The van der Waals surface area contributed by atoms with Crippen LogP contribution in [0.25, 0.3) is 11.0 Å². The van der Waals surface area contributed by atoms with Crippen LogP contribution in [0.5, 0.6) is 5.75 Å². The molecule has 1 aromatic carbocycles. The zero-order valence-electron chi connectivity index (χ0n) is 14.4. The maximum atomic E-state index is 13.0. The Morgan fingerprint density at radius 2 is 2.00 bits per heavy atom. The molecule has 0 saturated heterocycles. The average molecular weight is 369 g/mol. The highest BCUT2D eigenvalue weighted by molar-refractivity contribution is 7.89. The van der Waals surface area contributed by atoms with Gasteiger partial charge in [0.05, 0.1) is 11.5 Å². The van der Waals surface area contributed by atoms with Gasteiger partial charge in [-0.05, 0) is 55.0 Å². The number of pyridine rings is 2. The van der Waals surface area contributed by atoms with Crippen LogP contribution in [-0.2, 0) is 23.0 Å². The monoisotopic (exact) mass is 369 g/mol. The summed E-state index contributed by atoms with van der Waals surface area (Å²) in [6.07, 6.45) is 2.30. The van der Waals surface area contributed by atoms with Crippen molar-refractivity contribution < 1.29 is 13.2 Å². The summed E-state index contributed by atoms with van der Waals surface area (Å²) in [6, 6.07) is 12.4. The molecule has 3 heterocycles. The van der Waals surface area contributed by atoms with E-state index >= 15 is 0 Å². The van der Waals surface area contributed by atoms with Crippen molar-refractivity contribution in [3.63, 3.8) is 0 Å². The number of aromatic nitrogens is 2. The summed E-state index contributed by atoms with van der Waals surface area (Å²) in [5, 5.41) is 0.923. The first-order valence-electron chi connectivity index (χ1n) is 8.54. The van der Waals surface area contributed by atoms with Crippen LogP contribution in [0.2, 0.25) is 0 Å². The van der Waals surface area contributed by atoms with Crippen LogP contribution >= 0.6 is 0 Å². The molecule has 134 valence electrons. The number of rotatable bonds is 4. The predicted molar refractivity (Wildman–Crippen MR) is 98.4 cm³/mol. The van der Waals surface area contributed by atoms with Gasteiger partial charge in [0, 0.05) is 36.8 Å². The van der Waals surface area contributed by atoms with E-state index in [1.165, 1.54) is 4.31 Å². The molecule has 26 heavy (non-hydrogen) atoms. The molecule has 0 radical (unpaired) electrons. The maximum Gasteiger partial charge on any atom is 0.243 e. The summed E-state index contributed by atoms with van der Waals surface area (Å²) in [5.41, 5.74) is 2.56. The molecular weight excluding hydrogens is 350 g/mol. The number of sulfonamides is 1. The van der Waals surface area contributed by atoms with Gasteiger partial charge in [-0.3, -0.25) is 0 Å². The van der Waals surface area contributed by atoms with Gasteiger partial charge in [-0.25, -0.2) is 18.4 Å². The molecule has 2 aromatic heterocycles. The molecule has 0 atom stereocenters. The van der Waals surface area contributed by atoms with Crippen LogP contribution in [0.3, 0.4) is 0 Å². The summed E-state index contributed by atoms with van der Waals surface area (Å²) in [6.45, 7) is 3.17. The van der Waals surface area contributed by atoms with E-state index in [1.807, 2.05) is 25.1 Å². The molecule has 0 aliphatic carbocycles. The molecular formula is C19H19N3O3S. The second-order valence-electron chi connectivity index (χ2n) is 6.14. The third-order valence-corrected chi connectivity index (χ3v) is 6.33. The summed E-state index contributed by atoms with van der Waals surface area (Å²) < 4.78 is 32.9. The molecule has 0 bridgehead atoms. The van der Waals surface area contributed by atoms with Gasteiger partial charge >= 0.3 is 0 Å². The number of ether oxygens (including phenoxy) is 1. The minimum absolute atomic E-state index is 0.278. The van der Waals surface area contributed by atoms with Crippen LogP contribution < -0.4 is 4.74 Å². The van der Waals surface area contributed by atoms with E-state index in [1.54, 1.807) is 30.5 Å². The second-order valence-corrected chi connectivity index (χ2v) is 8.08. The van der Waals surface area contributed by atoms with Crippen molar-refractivity contribution >= 4 is 21.1 Å². The molecule has 0 fully saturated rings. The molecule has 6 nitrogen and oxygen atoms in total. The number of fused-ring (bicyclic) bond motifs is 2. The summed E-state index contributed by atoms with van der Waals surface area (Å²) in [4.78, 5) is 9.14. The van der Waals surface area contributed by atoms with Crippen molar-refractivity contribution in [1.29, 1.82) is 0 Å². The number of nitrogens with zero attached hydrogens (tertiary/aromatic N) is 3. The lowest BCUT2D eigenvalue weighted by molar-refractivity contribution is 0.340. The molecule has 0 N–H and O–H groups in total. The second kappa shape index (κ2) is 6.66. The fourth-order valence-electron chi connectivity index (χ4n) is 3.17. The van der Waals surface area contributed by atoms with Crippen molar-refractivity contribution in [2.45, 2.75) is 24.8 Å². The van der Waals surface area contributed by atoms with Crippen LogP contribution in [0.4, 0.5) is 0 Å². The highest BCUT2D eigenvalue weighted by Gasteiger charge is 2.29. The standard InChI is InChI=1S/C19H19N3O3S/c1-2-25-16-5-7-17(8-6-16)26(23,24)22-11-9-18-15(13-22)12-14-4-3-10-20-19(14)21-18/h3-8,10,12H,2,9,11,13H2,1H3. The Labute approximate surface area is 152 Å². The fourth-order valence-corrected chi connectivity index (χ4v) is 4.59. The van der Waals surface area contributed by atoms with E-state index in [0.29, 0.717) is 37.5 Å². The smallest absolute Gasteiger partial charge is 0.243 e. The van der Waals surface area contributed by atoms with Gasteiger partial charge in [0.25, 0.3) is 0 Å². The quantitative estimate of drug-likeness (QED) is 0.707. The van der Waals surface area contributed by atoms with E-state index in [9.17, 15) is 8.42 Å². The highest BCUT2D eigenvalue weighted by Crippen LogP contribution is 2.27. The Morgan fingerprint density at radius 1 is 1.19 bits per heavy atom. The highest BCUT2D eigenvalue weighted by atomic mass is 32.2. The zero-order valence-corrected chi connectivity index (χ0v) is 15.2. The van der Waals surface area contributed by atoms with Gasteiger partial charge in [0.2, 0.25) is 10.0 Å². The Kier molecular flexibility index (Phi) is 4.34. The van der Waals surface area contributed by atoms with Crippen LogP contribution in [0.1, 0.15) is 18.2 Å². The Hall–Kier alpha value is -2.51. The minimum Gasteiger partial charge on any atom is -0.494 e. The number of hydrogen-bond acceptors (Lipinski definition) is 5. The topological polar surface area (TPSA) is 72.4 Å². The number of benzene rings is 1. The van der Waals surface area contributed by atoms with Crippen molar-refractivity contribution in [3.05, 3.63) is 59.9 Å². The van der Waals surface area contributed by atoms with Crippen molar-refractivity contribution in [2.75, 3.05) is 13.2 Å². The van der Waals surface area contributed by atoms with Crippen molar-refractivity contribution in [2.24, 2.45) is 0 Å². The molecule has 1 aliphatic rings. The third-order valence-electron chi connectivity index (χ3n) is 4.48. The van der Waals surface area contributed by atoms with E-state index in [2.05, 4.69) is 9.97 Å². The zero-order chi connectivity index (χ0) is 18.1. The van der Waals surface area contributed by atoms with Crippen molar-refractivity contribution in [3.8, 4) is 5.75 Å². The first kappa shape index (κ1) is 16.9. The third kappa shape index (κ3) is 3.04. The van der Waals surface area contributed by atoms with Crippen LogP contribution in [0, 0.1) is 0 Å². The molecule has 1 aliphatic heterocycles. The average Bonchev–Trinajstić information content (AvgIpc) is 2.66. The largest absolute Gasteiger partial charge is 0.494 e. The van der Waals surface area contributed by atoms with E-state index in [-0.39, 0.29) is 4.90 Å². The van der Waals surface area contributed by atoms with Crippen molar-refractivity contribution in [1.82, 2.24) is 14.3 Å². The van der Waals surface area contributed by atoms with Gasteiger partial charge in [-0.15, -0.1) is 0 Å². The molecule has 0 saturated carbocycles. The lowest BCUT2D eigenvalue weighted by atomic mass is 10.1. The predicted octanol–water partition coefficient (Wildman–Crippen LogP) is 2.78. The van der Waals surface area contributed by atoms with Gasteiger partial charge in [-0.2, -0.15) is 4.31 Å². The van der Waals surface area contributed by atoms with Crippen LogP contribution in [0.15, 0.2) is 53.6 Å². The van der Waals surface area contributed by atoms with Gasteiger partial charge in [0.15, 0.2) is 5.65 Å². The van der Waals surface area contributed by atoms with Crippen LogP contribution in [-0.4, -0.2) is 35.8 Å². The molecule has 0 spiro atoms. The fraction of sp³-hybridized carbons (Fsp3) is 0.263. The van der Waals surface area contributed by atoms with Gasteiger partial charge in [0.1, 0.15) is 5.75 Å². The summed E-state index contributed by atoms with van der Waals surface area (Å²) in [5.74, 6) is 0.665. The lowest BCUT2D eigenvalue weighted by Gasteiger charge is -2.27. The SMILES string of the molecule is CCOc1ccc(S(=O)(=O)N2CCc3nc4ncccc4cc3C2)cc1. The Balaban J connectivity index is 1.63. The van der Waals surface area contributed by atoms with E-state index < -0.39 is 10.0 Å². The van der Waals surface area contributed by atoms with Gasteiger partial charge in [-0.1, -0.05) is 0 Å². The molecule has 0 amide bonds. The lowest BCUT2D eigenvalue weighted by Crippen LogP contribution is -2.36. The first-order valence-corrected chi connectivity index (χ1v) is 9.98. The molecule has 4 rings (SSSR count). The summed E-state index contributed by atoms with van der Waals surface area (Å²) >= 11 is 0. The Bertz CT molecular complexity index is 1050. The van der Waals surface area contributed by atoms with Gasteiger partial charge < -0.3 is 4.74 Å². The normalized spacial score (nSPS) is 15.0. The first-order chi connectivity index (χ1) is 12.6. The maximum absolute atomic E-state index is 13.0. The minimum atomic E-state index is -3.56. The Morgan fingerprint density at radius 3 is 2.77 bits per heavy atom. The molecule has 7 heteroatoms. The molecule has 0 unspecified atom stereocenters. The number of hydrogen-bond donors (Lipinski definition) is 0. The van der Waals surface area contributed by atoms with E-state index in [0.717, 1.165) is 16.6 Å². The van der Waals surface area contributed by atoms with E-state index in [4.69, 9.17) is 4.74 Å². The summed E-state index contributed by atoms with van der Waals surface area (Å²) in [7, 11) is -3.56. The molecule has 3 aromatic rings.